The Bertz CT molecular complexity index is 825. The highest BCUT2D eigenvalue weighted by Crippen LogP contribution is 2.22. The molecule has 154 valence electrons. The summed E-state index contributed by atoms with van der Waals surface area (Å²) in [6.45, 7) is 4.40. The Morgan fingerprint density at radius 1 is 1.24 bits per heavy atom. The number of likely N-dealkylation sites (tertiary alicyclic amines) is 1. The molecule has 0 spiro atoms. The number of amides is 1. The van der Waals surface area contributed by atoms with Gasteiger partial charge in [0.15, 0.2) is 0 Å². The van der Waals surface area contributed by atoms with Crippen LogP contribution in [0.1, 0.15) is 24.1 Å². The van der Waals surface area contributed by atoms with E-state index in [1.54, 1.807) is 18.5 Å². The van der Waals surface area contributed by atoms with Gasteiger partial charge in [-0.2, -0.15) is 0 Å². The number of hydrogen-bond donors (Lipinski definition) is 1. The van der Waals surface area contributed by atoms with E-state index >= 15 is 0 Å². The number of likely N-dealkylation sites (N-methyl/N-ethyl adjacent to an activating group) is 1. The standard InChI is InChI=1S/C22H30N6O/c1-17-6-4-10-23-22(17)26-20-16-24-19(15-25-20)14-18-8-12-28(13-9-18)21(29)7-5-11-27(2)3/h4-7,10,15-16,18H,8-9,11-14H2,1-3H3,(H,23,25,26)/b7-5+. The highest BCUT2D eigenvalue weighted by Gasteiger charge is 2.22. The molecule has 1 fully saturated rings. The van der Waals surface area contributed by atoms with Gasteiger partial charge in [0.2, 0.25) is 5.91 Å². The topological polar surface area (TPSA) is 74.2 Å². The van der Waals surface area contributed by atoms with Gasteiger partial charge in [-0.05, 0) is 57.8 Å². The van der Waals surface area contributed by atoms with E-state index in [2.05, 4.69) is 20.3 Å². The number of carbonyl (C=O) groups is 1. The van der Waals surface area contributed by atoms with Gasteiger partial charge < -0.3 is 15.1 Å². The number of rotatable bonds is 7. The first-order valence-electron chi connectivity index (χ1n) is 10.1. The van der Waals surface area contributed by atoms with E-state index < -0.39 is 0 Å². The molecule has 2 aromatic heterocycles. The summed E-state index contributed by atoms with van der Waals surface area (Å²) >= 11 is 0. The molecule has 0 aliphatic carbocycles. The fraction of sp³-hybridized carbons (Fsp3) is 0.455. The van der Waals surface area contributed by atoms with Crippen molar-refractivity contribution in [3.63, 3.8) is 0 Å². The maximum Gasteiger partial charge on any atom is 0.246 e. The third kappa shape index (κ3) is 6.35. The van der Waals surface area contributed by atoms with Crippen molar-refractivity contribution >= 4 is 17.5 Å². The van der Waals surface area contributed by atoms with E-state index in [-0.39, 0.29) is 5.91 Å². The highest BCUT2D eigenvalue weighted by atomic mass is 16.2. The lowest BCUT2D eigenvalue weighted by Gasteiger charge is -2.31. The van der Waals surface area contributed by atoms with Crippen LogP contribution < -0.4 is 5.32 Å². The van der Waals surface area contributed by atoms with Crippen LogP contribution in [0.15, 0.2) is 42.9 Å². The van der Waals surface area contributed by atoms with E-state index in [1.165, 1.54) is 0 Å². The molecule has 3 rings (SSSR count). The molecule has 0 bridgehead atoms. The first kappa shape index (κ1) is 20.9. The quantitative estimate of drug-likeness (QED) is 0.728. The number of aryl methyl sites for hydroxylation is 1. The van der Waals surface area contributed by atoms with E-state index in [1.807, 2.05) is 55.2 Å². The summed E-state index contributed by atoms with van der Waals surface area (Å²) in [6.07, 6.45) is 11.9. The average molecular weight is 395 g/mol. The van der Waals surface area contributed by atoms with Gasteiger partial charge in [-0.3, -0.25) is 9.78 Å². The first-order valence-corrected chi connectivity index (χ1v) is 10.1. The molecule has 0 unspecified atom stereocenters. The molecular formula is C22H30N6O. The Labute approximate surface area is 172 Å². The minimum atomic E-state index is 0.116. The predicted molar refractivity (Wildman–Crippen MR) is 115 cm³/mol. The minimum Gasteiger partial charge on any atom is -0.339 e. The number of nitrogens with zero attached hydrogens (tertiary/aromatic N) is 5. The summed E-state index contributed by atoms with van der Waals surface area (Å²) in [5, 5.41) is 3.21. The van der Waals surface area contributed by atoms with Gasteiger partial charge in [0.1, 0.15) is 11.6 Å². The van der Waals surface area contributed by atoms with Crippen LogP contribution in [-0.4, -0.2) is 64.4 Å². The molecule has 1 aliphatic heterocycles. The Balaban J connectivity index is 1.46. The van der Waals surface area contributed by atoms with E-state index in [9.17, 15) is 4.79 Å². The minimum absolute atomic E-state index is 0.116. The van der Waals surface area contributed by atoms with Crippen molar-refractivity contribution in [2.24, 2.45) is 5.92 Å². The van der Waals surface area contributed by atoms with Crippen LogP contribution in [0, 0.1) is 12.8 Å². The Morgan fingerprint density at radius 2 is 2.03 bits per heavy atom. The van der Waals surface area contributed by atoms with Gasteiger partial charge in [-0.25, -0.2) is 9.97 Å². The lowest BCUT2D eigenvalue weighted by atomic mass is 9.92. The normalized spacial score (nSPS) is 15.2. The van der Waals surface area contributed by atoms with Crippen LogP contribution in [0.25, 0.3) is 0 Å². The molecular weight excluding hydrogens is 364 g/mol. The van der Waals surface area contributed by atoms with Gasteiger partial charge in [0.05, 0.1) is 18.1 Å². The highest BCUT2D eigenvalue weighted by molar-refractivity contribution is 5.87. The molecule has 0 atom stereocenters. The smallest absolute Gasteiger partial charge is 0.246 e. The molecule has 3 heterocycles. The zero-order chi connectivity index (χ0) is 20.6. The monoisotopic (exact) mass is 394 g/mol. The summed E-state index contributed by atoms with van der Waals surface area (Å²) in [5.74, 6) is 2.15. The molecule has 0 saturated carbocycles. The maximum absolute atomic E-state index is 12.2. The zero-order valence-corrected chi connectivity index (χ0v) is 17.5. The predicted octanol–water partition coefficient (Wildman–Crippen LogP) is 2.82. The van der Waals surface area contributed by atoms with E-state index in [4.69, 9.17) is 0 Å². The van der Waals surface area contributed by atoms with Crippen molar-refractivity contribution in [2.75, 3.05) is 39.0 Å². The zero-order valence-electron chi connectivity index (χ0n) is 17.5. The molecule has 7 heteroatoms. The Hall–Kier alpha value is -2.80. The van der Waals surface area contributed by atoms with Gasteiger partial charge >= 0.3 is 0 Å². The van der Waals surface area contributed by atoms with Gasteiger partial charge in [-0.15, -0.1) is 0 Å². The second kappa shape index (κ2) is 10.1. The maximum atomic E-state index is 12.2. The number of anilines is 2. The molecule has 1 aliphatic rings. The molecule has 29 heavy (non-hydrogen) atoms. The molecule has 1 amide bonds. The van der Waals surface area contributed by atoms with Crippen molar-refractivity contribution in [3.05, 3.63) is 54.1 Å². The Morgan fingerprint density at radius 3 is 2.69 bits per heavy atom. The molecule has 7 nitrogen and oxygen atoms in total. The molecule has 1 saturated heterocycles. The third-order valence-corrected chi connectivity index (χ3v) is 5.12. The van der Waals surface area contributed by atoms with Crippen molar-refractivity contribution in [1.29, 1.82) is 0 Å². The van der Waals surface area contributed by atoms with E-state index in [0.717, 1.165) is 56.0 Å². The average Bonchev–Trinajstić information content (AvgIpc) is 2.71. The lowest BCUT2D eigenvalue weighted by Crippen LogP contribution is -2.38. The number of carbonyl (C=O) groups excluding carboxylic acids is 1. The first-order chi connectivity index (χ1) is 14.0. The summed E-state index contributed by atoms with van der Waals surface area (Å²) < 4.78 is 0. The summed E-state index contributed by atoms with van der Waals surface area (Å²) in [4.78, 5) is 29.6. The number of piperidine rings is 1. The fourth-order valence-corrected chi connectivity index (χ4v) is 3.39. The number of hydrogen-bond acceptors (Lipinski definition) is 6. The van der Waals surface area contributed by atoms with Crippen LogP contribution in [0.5, 0.6) is 0 Å². The fourth-order valence-electron chi connectivity index (χ4n) is 3.39. The molecule has 0 aromatic carbocycles. The second-order valence-electron chi connectivity index (χ2n) is 7.82. The van der Waals surface area contributed by atoms with Gasteiger partial charge in [0, 0.05) is 31.9 Å². The number of aromatic nitrogens is 3. The molecule has 2 aromatic rings. The van der Waals surface area contributed by atoms with Crippen molar-refractivity contribution in [2.45, 2.75) is 26.2 Å². The van der Waals surface area contributed by atoms with Crippen molar-refractivity contribution in [1.82, 2.24) is 24.8 Å². The van der Waals surface area contributed by atoms with Crippen LogP contribution in [-0.2, 0) is 11.2 Å². The number of nitrogens with one attached hydrogen (secondary N) is 1. The lowest BCUT2D eigenvalue weighted by molar-refractivity contribution is -0.127. The van der Waals surface area contributed by atoms with Crippen LogP contribution in [0.3, 0.4) is 0 Å². The van der Waals surface area contributed by atoms with Crippen LogP contribution in [0.4, 0.5) is 11.6 Å². The number of pyridine rings is 1. The second-order valence-corrected chi connectivity index (χ2v) is 7.82. The largest absolute Gasteiger partial charge is 0.339 e. The van der Waals surface area contributed by atoms with Gasteiger partial charge in [-0.1, -0.05) is 12.1 Å². The van der Waals surface area contributed by atoms with Crippen LogP contribution >= 0.6 is 0 Å². The Kier molecular flexibility index (Phi) is 7.30. The molecule has 1 N–H and O–H groups in total. The van der Waals surface area contributed by atoms with Crippen LogP contribution in [0.2, 0.25) is 0 Å². The summed E-state index contributed by atoms with van der Waals surface area (Å²) in [5.41, 5.74) is 2.06. The SMILES string of the molecule is Cc1cccnc1Nc1cnc(CC2CCN(C(=O)/C=C/CN(C)C)CC2)cn1. The van der Waals surface area contributed by atoms with E-state index in [0.29, 0.717) is 11.7 Å². The van der Waals surface area contributed by atoms with Gasteiger partial charge in [0.25, 0.3) is 0 Å². The van der Waals surface area contributed by atoms with Crippen molar-refractivity contribution in [3.8, 4) is 0 Å². The third-order valence-electron chi connectivity index (χ3n) is 5.12. The summed E-state index contributed by atoms with van der Waals surface area (Å²) in [7, 11) is 3.98. The summed E-state index contributed by atoms with van der Waals surface area (Å²) in [6, 6.07) is 3.92. The molecule has 0 radical (unpaired) electrons. The van der Waals surface area contributed by atoms with Crippen molar-refractivity contribution < 1.29 is 4.79 Å².